The Hall–Kier alpha value is -1.22. The van der Waals surface area contributed by atoms with E-state index in [9.17, 15) is 0 Å². The van der Waals surface area contributed by atoms with E-state index in [0.717, 1.165) is 30.5 Å². The molecule has 20 heavy (non-hydrogen) atoms. The maximum Gasteiger partial charge on any atom is 0.161 e. The lowest BCUT2D eigenvalue weighted by molar-refractivity contribution is 0.291. The Morgan fingerprint density at radius 2 is 1.85 bits per heavy atom. The third-order valence-electron chi connectivity index (χ3n) is 4.05. The fourth-order valence-electron chi connectivity index (χ4n) is 2.91. The summed E-state index contributed by atoms with van der Waals surface area (Å²) in [7, 11) is 1.67. The molecule has 1 fully saturated rings. The van der Waals surface area contributed by atoms with Crippen molar-refractivity contribution in [3.63, 3.8) is 0 Å². The lowest BCUT2D eigenvalue weighted by Crippen LogP contribution is -2.22. The first kappa shape index (κ1) is 15.2. The highest BCUT2D eigenvalue weighted by atomic mass is 16.5. The van der Waals surface area contributed by atoms with Gasteiger partial charge in [-0.15, -0.1) is 0 Å². The molecule has 0 aliphatic heterocycles. The monoisotopic (exact) mass is 277 g/mol. The first-order valence-electron chi connectivity index (χ1n) is 7.86. The number of benzene rings is 1. The van der Waals surface area contributed by atoms with Crippen LogP contribution in [-0.4, -0.2) is 26.8 Å². The summed E-state index contributed by atoms with van der Waals surface area (Å²) in [5, 5.41) is 3.45. The van der Waals surface area contributed by atoms with Crippen molar-refractivity contribution in [3.05, 3.63) is 24.3 Å². The maximum absolute atomic E-state index is 5.72. The van der Waals surface area contributed by atoms with Gasteiger partial charge in [-0.1, -0.05) is 37.8 Å². The largest absolute Gasteiger partial charge is 0.493 e. The first-order chi connectivity index (χ1) is 9.90. The topological polar surface area (TPSA) is 30.5 Å². The highest BCUT2D eigenvalue weighted by Gasteiger charge is 2.13. The van der Waals surface area contributed by atoms with Crippen molar-refractivity contribution >= 4 is 0 Å². The van der Waals surface area contributed by atoms with Crippen LogP contribution in [0.15, 0.2) is 24.3 Å². The smallest absolute Gasteiger partial charge is 0.161 e. The fraction of sp³-hybridized carbons (Fsp3) is 0.647. The number of hydrogen-bond acceptors (Lipinski definition) is 3. The van der Waals surface area contributed by atoms with Crippen molar-refractivity contribution < 1.29 is 9.47 Å². The van der Waals surface area contributed by atoms with Gasteiger partial charge in [-0.05, 0) is 37.4 Å². The Balaban J connectivity index is 1.50. The van der Waals surface area contributed by atoms with Gasteiger partial charge in [0.15, 0.2) is 11.5 Å². The molecular weight excluding hydrogens is 250 g/mol. The van der Waals surface area contributed by atoms with Crippen LogP contribution < -0.4 is 14.8 Å². The molecule has 0 saturated heterocycles. The Morgan fingerprint density at radius 3 is 2.60 bits per heavy atom. The second kappa shape index (κ2) is 8.85. The molecule has 0 heterocycles. The average molecular weight is 277 g/mol. The molecule has 0 bridgehead atoms. The van der Waals surface area contributed by atoms with Gasteiger partial charge in [-0.25, -0.2) is 0 Å². The zero-order valence-corrected chi connectivity index (χ0v) is 12.6. The molecule has 0 unspecified atom stereocenters. The summed E-state index contributed by atoms with van der Waals surface area (Å²) < 4.78 is 11.0. The van der Waals surface area contributed by atoms with Crippen LogP contribution in [0.2, 0.25) is 0 Å². The van der Waals surface area contributed by atoms with Crippen molar-refractivity contribution in [2.24, 2.45) is 5.92 Å². The second-order valence-electron chi connectivity index (χ2n) is 5.54. The lowest BCUT2D eigenvalue weighted by atomic mass is 10.0. The third-order valence-corrected chi connectivity index (χ3v) is 4.05. The van der Waals surface area contributed by atoms with Crippen LogP contribution in [0.25, 0.3) is 0 Å². The van der Waals surface area contributed by atoms with E-state index in [2.05, 4.69) is 5.32 Å². The Morgan fingerprint density at radius 1 is 1.10 bits per heavy atom. The molecule has 3 heteroatoms. The normalized spacial score (nSPS) is 15.4. The van der Waals surface area contributed by atoms with Crippen LogP contribution in [0.1, 0.15) is 38.5 Å². The number of nitrogens with one attached hydrogen (secondary N) is 1. The van der Waals surface area contributed by atoms with E-state index < -0.39 is 0 Å². The van der Waals surface area contributed by atoms with E-state index in [1.807, 2.05) is 24.3 Å². The molecule has 0 atom stereocenters. The van der Waals surface area contributed by atoms with Crippen LogP contribution in [0.5, 0.6) is 11.5 Å². The zero-order valence-electron chi connectivity index (χ0n) is 12.6. The Bertz CT molecular complexity index is 375. The van der Waals surface area contributed by atoms with Crippen molar-refractivity contribution in [3.8, 4) is 11.5 Å². The molecule has 0 amide bonds. The number of ether oxygens (including phenoxy) is 2. The SMILES string of the molecule is COc1ccccc1OCCNCCCC1CCCC1. The van der Waals surface area contributed by atoms with Gasteiger partial charge in [0.05, 0.1) is 7.11 Å². The Labute approximate surface area is 122 Å². The molecule has 2 rings (SSSR count). The molecule has 1 aliphatic carbocycles. The summed E-state index contributed by atoms with van der Waals surface area (Å²) in [6.07, 6.45) is 8.49. The van der Waals surface area contributed by atoms with Crippen LogP contribution >= 0.6 is 0 Å². The average Bonchev–Trinajstić information content (AvgIpc) is 3.00. The number of rotatable bonds is 9. The minimum Gasteiger partial charge on any atom is -0.493 e. The number of hydrogen-bond donors (Lipinski definition) is 1. The maximum atomic E-state index is 5.72. The minimum absolute atomic E-state index is 0.684. The molecule has 3 nitrogen and oxygen atoms in total. The van der Waals surface area contributed by atoms with Gasteiger partial charge in [0.1, 0.15) is 6.61 Å². The summed E-state index contributed by atoms with van der Waals surface area (Å²) in [5.41, 5.74) is 0. The van der Waals surface area contributed by atoms with Crippen molar-refractivity contribution in [2.75, 3.05) is 26.8 Å². The van der Waals surface area contributed by atoms with Gasteiger partial charge in [0.2, 0.25) is 0 Å². The molecule has 0 radical (unpaired) electrons. The van der Waals surface area contributed by atoms with Crippen LogP contribution in [0.3, 0.4) is 0 Å². The van der Waals surface area contributed by atoms with Gasteiger partial charge in [0.25, 0.3) is 0 Å². The standard InChI is InChI=1S/C17H27NO2/c1-19-16-10-4-5-11-17(16)20-14-13-18-12-6-9-15-7-2-3-8-15/h4-5,10-11,15,18H,2-3,6-9,12-14H2,1H3. The molecule has 1 aromatic rings. The zero-order chi connectivity index (χ0) is 14.0. The lowest BCUT2D eigenvalue weighted by Gasteiger charge is -2.11. The molecule has 1 aromatic carbocycles. The van der Waals surface area contributed by atoms with Gasteiger partial charge < -0.3 is 14.8 Å². The van der Waals surface area contributed by atoms with Crippen molar-refractivity contribution in [1.29, 1.82) is 0 Å². The summed E-state index contributed by atoms with van der Waals surface area (Å²) in [5.74, 6) is 2.62. The third kappa shape index (κ3) is 5.04. The Kier molecular flexibility index (Phi) is 6.72. The van der Waals surface area contributed by atoms with Gasteiger partial charge in [-0.2, -0.15) is 0 Å². The number of methoxy groups -OCH3 is 1. The second-order valence-corrected chi connectivity index (χ2v) is 5.54. The van der Waals surface area contributed by atoms with E-state index in [1.165, 1.54) is 38.5 Å². The first-order valence-corrected chi connectivity index (χ1v) is 7.86. The quantitative estimate of drug-likeness (QED) is 0.699. The summed E-state index contributed by atoms with van der Waals surface area (Å²) in [6, 6.07) is 7.78. The summed E-state index contributed by atoms with van der Waals surface area (Å²) in [6.45, 7) is 2.68. The molecule has 1 N–H and O–H groups in total. The van der Waals surface area contributed by atoms with Crippen molar-refractivity contribution in [2.45, 2.75) is 38.5 Å². The molecule has 0 aromatic heterocycles. The molecule has 1 aliphatic rings. The van der Waals surface area contributed by atoms with Crippen LogP contribution in [0.4, 0.5) is 0 Å². The summed E-state index contributed by atoms with van der Waals surface area (Å²) >= 11 is 0. The van der Waals surface area contributed by atoms with Crippen molar-refractivity contribution in [1.82, 2.24) is 5.32 Å². The van der Waals surface area contributed by atoms with E-state index in [-0.39, 0.29) is 0 Å². The summed E-state index contributed by atoms with van der Waals surface area (Å²) in [4.78, 5) is 0. The van der Waals surface area contributed by atoms with E-state index in [0.29, 0.717) is 6.61 Å². The predicted octanol–water partition coefficient (Wildman–Crippen LogP) is 3.63. The minimum atomic E-state index is 0.684. The highest BCUT2D eigenvalue weighted by molar-refractivity contribution is 5.39. The van der Waals surface area contributed by atoms with Crippen LogP contribution in [-0.2, 0) is 0 Å². The van der Waals surface area contributed by atoms with Gasteiger partial charge in [0, 0.05) is 6.54 Å². The number of para-hydroxylation sites is 2. The van der Waals surface area contributed by atoms with Gasteiger partial charge in [-0.3, -0.25) is 0 Å². The van der Waals surface area contributed by atoms with E-state index in [1.54, 1.807) is 7.11 Å². The van der Waals surface area contributed by atoms with E-state index in [4.69, 9.17) is 9.47 Å². The van der Waals surface area contributed by atoms with Crippen LogP contribution in [0, 0.1) is 5.92 Å². The molecule has 112 valence electrons. The molecule has 1 saturated carbocycles. The predicted molar refractivity (Wildman–Crippen MR) is 82.6 cm³/mol. The molecule has 0 spiro atoms. The fourth-order valence-corrected chi connectivity index (χ4v) is 2.91. The highest BCUT2D eigenvalue weighted by Crippen LogP contribution is 2.28. The van der Waals surface area contributed by atoms with Gasteiger partial charge >= 0.3 is 0 Å². The molecular formula is C17H27NO2. The van der Waals surface area contributed by atoms with E-state index >= 15 is 0 Å².